The van der Waals surface area contributed by atoms with E-state index in [-0.39, 0.29) is 0 Å². The number of aryl methyl sites for hydroxylation is 1. The molecule has 5 heteroatoms. The van der Waals surface area contributed by atoms with Gasteiger partial charge in [-0.1, -0.05) is 20.3 Å². The highest BCUT2D eigenvalue weighted by molar-refractivity contribution is 7.89. The molecule has 0 amide bonds. The number of benzene rings is 1. The summed E-state index contributed by atoms with van der Waals surface area (Å²) in [5, 5.41) is 0. The molecule has 0 fully saturated rings. The lowest BCUT2D eigenvalue weighted by atomic mass is 10.1. The maximum Gasteiger partial charge on any atom is 0.243 e. The van der Waals surface area contributed by atoms with Crippen LogP contribution < -0.4 is 5.73 Å². The normalized spacial score (nSPS) is 13.8. The molecule has 0 aliphatic carbocycles. The van der Waals surface area contributed by atoms with E-state index in [2.05, 4.69) is 6.92 Å². The number of anilines is 1. The molecule has 0 aliphatic heterocycles. The van der Waals surface area contributed by atoms with Crippen LogP contribution in [0.4, 0.5) is 5.69 Å². The van der Waals surface area contributed by atoms with E-state index < -0.39 is 10.0 Å². The van der Waals surface area contributed by atoms with Gasteiger partial charge in [-0.3, -0.25) is 0 Å². The SMILES string of the molecule is CCC(C)CN(C)S(=O)(=O)c1ccc(N)cc1C. The maximum absolute atomic E-state index is 12.4. The average molecular weight is 270 g/mol. The molecular formula is C13H22N2O2S. The summed E-state index contributed by atoms with van der Waals surface area (Å²) in [5.41, 5.74) is 6.91. The van der Waals surface area contributed by atoms with Crippen molar-refractivity contribution < 1.29 is 8.42 Å². The first-order chi connectivity index (χ1) is 8.28. The Labute approximate surface area is 110 Å². The lowest BCUT2D eigenvalue weighted by Crippen LogP contribution is -2.31. The van der Waals surface area contributed by atoms with Crippen LogP contribution in [-0.4, -0.2) is 26.3 Å². The van der Waals surface area contributed by atoms with Gasteiger partial charge in [0.25, 0.3) is 0 Å². The molecule has 1 aromatic rings. The maximum atomic E-state index is 12.4. The van der Waals surface area contributed by atoms with E-state index in [0.717, 1.165) is 6.42 Å². The smallest absolute Gasteiger partial charge is 0.243 e. The Morgan fingerprint density at radius 3 is 2.50 bits per heavy atom. The molecular weight excluding hydrogens is 248 g/mol. The summed E-state index contributed by atoms with van der Waals surface area (Å²) in [4.78, 5) is 0.336. The summed E-state index contributed by atoms with van der Waals surface area (Å²) < 4.78 is 26.2. The van der Waals surface area contributed by atoms with E-state index in [1.165, 1.54) is 4.31 Å². The second-order valence-electron chi connectivity index (χ2n) is 4.82. The van der Waals surface area contributed by atoms with Gasteiger partial charge in [0.1, 0.15) is 0 Å². The van der Waals surface area contributed by atoms with Crippen LogP contribution in [0.3, 0.4) is 0 Å². The molecule has 0 aliphatic rings. The van der Waals surface area contributed by atoms with Gasteiger partial charge in [0.2, 0.25) is 10.0 Å². The van der Waals surface area contributed by atoms with Gasteiger partial charge < -0.3 is 5.73 Å². The van der Waals surface area contributed by atoms with Crippen LogP contribution in [0.25, 0.3) is 0 Å². The first kappa shape index (κ1) is 15.0. The molecule has 0 radical (unpaired) electrons. The van der Waals surface area contributed by atoms with E-state index in [1.807, 2.05) is 6.92 Å². The topological polar surface area (TPSA) is 63.4 Å². The summed E-state index contributed by atoms with van der Waals surface area (Å²) in [7, 11) is -1.79. The lowest BCUT2D eigenvalue weighted by molar-refractivity contribution is 0.393. The van der Waals surface area contributed by atoms with Crippen molar-refractivity contribution in [1.82, 2.24) is 4.31 Å². The quantitative estimate of drug-likeness (QED) is 0.835. The zero-order valence-electron chi connectivity index (χ0n) is 11.5. The molecule has 4 nitrogen and oxygen atoms in total. The van der Waals surface area contributed by atoms with Crippen molar-refractivity contribution in [2.75, 3.05) is 19.3 Å². The monoisotopic (exact) mass is 270 g/mol. The molecule has 0 heterocycles. The zero-order valence-corrected chi connectivity index (χ0v) is 12.3. The molecule has 2 N–H and O–H groups in total. The molecule has 1 aromatic carbocycles. The molecule has 0 bridgehead atoms. The Bertz CT molecular complexity index is 512. The second-order valence-corrected chi connectivity index (χ2v) is 6.84. The largest absolute Gasteiger partial charge is 0.399 e. The summed E-state index contributed by atoms with van der Waals surface area (Å²) in [6.07, 6.45) is 0.959. The molecule has 18 heavy (non-hydrogen) atoms. The number of nitrogens with zero attached hydrogens (tertiary/aromatic N) is 1. The minimum atomic E-state index is -3.41. The predicted octanol–water partition coefficient (Wildman–Crippen LogP) is 2.24. The summed E-state index contributed by atoms with van der Waals surface area (Å²) in [6, 6.07) is 4.88. The minimum Gasteiger partial charge on any atom is -0.399 e. The van der Waals surface area contributed by atoms with Gasteiger partial charge in [0.15, 0.2) is 0 Å². The number of rotatable bonds is 5. The highest BCUT2D eigenvalue weighted by Gasteiger charge is 2.23. The van der Waals surface area contributed by atoms with Gasteiger partial charge in [-0.15, -0.1) is 0 Å². The average Bonchev–Trinajstić information content (AvgIpc) is 2.28. The summed E-state index contributed by atoms with van der Waals surface area (Å²) in [5.74, 6) is 0.346. The number of nitrogens with two attached hydrogens (primary N) is 1. The molecule has 102 valence electrons. The predicted molar refractivity (Wildman–Crippen MR) is 74.9 cm³/mol. The van der Waals surface area contributed by atoms with Crippen LogP contribution in [0.15, 0.2) is 23.1 Å². The first-order valence-corrected chi connectivity index (χ1v) is 7.55. The van der Waals surface area contributed by atoms with E-state index in [4.69, 9.17) is 5.73 Å². The Morgan fingerprint density at radius 1 is 1.39 bits per heavy atom. The molecule has 0 saturated carbocycles. The number of nitrogen functional groups attached to an aromatic ring is 1. The van der Waals surface area contributed by atoms with E-state index in [9.17, 15) is 8.42 Å². The number of hydrogen-bond donors (Lipinski definition) is 1. The molecule has 0 saturated heterocycles. The molecule has 0 aromatic heterocycles. The summed E-state index contributed by atoms with van der Waals surface area (Å²) >= 11 is 0. The Balaban J connectivity index is 3.06. The highest BCUT2D eigenvalue weighted by atomic mass is 32.2. The number of hydrogen-bond acceptors (Lipinski definition) is 3. The van der Waals surface area contributed by atoms with Gasteiger partial charge in [-0.2, -0.15) is 0 Å². The van der Waals surface area contributed by atoms with Gasteiger partial charge in [0.05, 0.1) is 4.90 Å². The standard InChI is InChI=1S/C13H22N2O2S/c1-5-10(2)9-15(4)18(16,17)13-7-6-12(14)8-11(13)3/h6-8,10H,5,9,14H2,1-4H3. The van der Waals surface area contributed by atoms with Gasteiger partial charge >= 0.3 is 0 Å². The van der Waals surface area contributed by atoms with Gasteiger partial charge in [-0.05, 0) is 36.6 Å². The van der Waals surface area contributed by atoms with E-state index in [0.29, 0.717) is 28.6 Å². The van der Waals surface area contributed by atoms with Crippen LogP contribution in [0.1, 0.15) is 25.8 Å². The highest BCUT2D eigenvalue weighted by Crippen LogP contribution is 2.22. The Kier molecular flexibility index (Phi) is 4.76. The third-order valence-electron chi connectivity index (χ3n) is 3.15. The third kappa shape index (κ3) is 3.23. The molecule has 1 rings (SSSR count). The first-order valence-electron chi connectivity index (χ1n) is 6.11. The van der Waals surface area contributed by atoms with E-state index in [1.54, 1.807) is 32.2 Å². The molecule has 0 spiro atoms. The fourth-order valence-electron chi connectivity index (χ4n) is 1.80. The number of sulfonamides is 1. The Morgan fingerprint density at radius 2 is 2.00 bits per heavy atom. The van der Waals surface area contributed by atoms with Crippen LogP contribution in [-0.2, 0) is 10.0 Å². The fraction of sp³-hybridized carbons (Fsp3) is 0.538. The van der Waals surface area contributed by atoms with E-state index >= 15 is 0 Å². The fourth-order valence-corrected chi connectivity index (χ4v) is 3.29. The van der Waals surface area contributed by atoms with Crippen molar-refractivity contribution in [3.63, 3.8) is 0 Å². The van der Waals surface area contributed by atoms with Crippen LogP contribution in [0, 0.1) is 12.8 Å². The third-order valence-corrected chi connectivity index (χ3v) is 5.14. The minimum absolute atomic E-state index is 0.336. The second kappa shape index (κ2) is 5.71. The van der Waals surface area contributed by atoms with Crippen molar-refractivity contribution in [3.05, 3.63) is 23.8 Å². The van der Waals surface area contributed by atoms with Crippen LogP contribution in [0.2, 0.25) is 0 Å². The van der Waals surface area contributed by atoms with Crippen molar-refractivity contribution >= 4 is 15.7 Å². The van der Waals surface area contributed by atoms with Crippen molar-refractivity contribution in [2.45, 2.75) is 32.1 Å². The van der Waals surface area contributed by atoms with Crippen LogP contribution in [0.5, 0.6) is 0 Å². The summed E-state index contributed by atoms with van der Waals surface area (Å²) in [6.45, 7) is 6.39. The van der Waals surface area contributed by atoms with Crippen molar-refractivity contribution in [1.29, 1.82) is 0 Å². The van der Waals surface area contributed by atoms with Crippen molar-refractivity contribution in [2.24, 2.45) is 5.92 Å². The van der Waals surface area contributed by atoms with Gasteiger partial charge in [-0.25, -0.2) is 12.7 Å². The van der Waals surface area contributed by atoms with Crippen molar-refractivity contribution in [3.8, 4) is 0 Å². The van der Waals surface area contributed by atoms with Crippen LogP contribution >= 0.6 is 0 Å². The Hall–Kier alpha value is -1.07. The van der Waals surface area contributed by atoms with Gasteiger partial charge in [0, 0.05) is 19.3 Å². The zero-order chi connectivity index (χ0) is 13.9. The molecule has 1 unspecified atom stereocenters. The lowest BCUT2D eigenvalue weighted by Gasteiger charge is -2.21. The molecule has 1 atom stereocenters.